The van der Waals surface area contributed by atoms with Crippen LogP contribution in [0.25, 0.3) is 0 Å². The predicted octanol–water partition coefficient (Wildman–Crippen LogP) is 1.68. The molecule has 160 valence electrons. The fourth-order valence-corrected chi connectivity index (χ4v) is 4.10. The number of carbonyl (C=O) groups excluding carboxylic acids is 1. The first-order valence-corrected chi connectivity index (χ1v) is 10.9. The Morgan fingerprint density at radius 2 is 1.97 bits per heavy atom. The van der Waals surface area contributed by atoms with Crippen molar-refractivity contribution in [3.05, 3.63) is 59.8 Å². The average Bonchev–Trinajstić information content (AvgIpc) is 2.83. The second kappa shape index (κ2) is 10.5. The van der Waals surface area contributed by atoms with Crippen molar-refractivity contribution in [2.24, 2.45) is 0 Å². The summed E-state index contributed by atoms with van der Waals surface area (Å²) in [5.74, 6) is 0.723. The zero-order valence-electron chi connectivity index (χ0n) is 17.4. The van der Waals surface area contributed by atoms with Crippen LogP contribution in [0.2, 0.25) is 0 Å². The molecule has 2 aliphatic heterocycles. The van der Waals surface area contributed by atoms with Crippen LogP contribution in [-0.2, 0) is 4.74 Å². The van der Waals surface area contributed by atoms with E-state index in [9.17, 15) is 4.79 Å². The molecule has 7 nitrogen and oxygen atoms in total. The minimum absolute atomic E-state index is 0.0464. The summed E-state index contributed by atoms with van der Waals surface area (Å²) in [6.45, 7) is 7.70. The first-order valence-electron chi connectivity index (χ1n) is 10.9. The summed E-state index contributed by atoms with van der Waals surface area (Å²) < 4.78 is 5.38. The van der Waals surface area contributed by atoms with Crippen molar-refractivity contribution in [2.75, 3.05) is 63.9 Å². The molecule has 3 heterocycles. The van der Waals surface area contributed by atoms with Gasteiger partial charge in [-0.1, -0.05) is 30.3 Å². The molecule has 0 radical (unpaired) electrons. The van der Waals surface area contributed by atoms with Gasteiger partial charge in [-0.2, -0.15) is 0 Å². The van der Waals surface area contributed by atoms with E-state index in [1.807, 2.05) is 18.2 Å². The number of hydrogen-bond donors (Lipinski definition) is 2. The third kappa shape index (κ3) is 5.36. The van der Waals surface area contributed by atoms with E-state index in [1.165, 1.54) is 5.56 Å². The van der Waals surface area contributed by atoms with Crippen LogP contribution in [0.5, 0.6) is 0 Å². The van der Waals surface area contributed by atoms with Crippen molar-refractivity contribution in [2.45, 2.75) is 12.5 Å². The molecule has 2 fully saturated rings. The molecule has 2 aromatic rings. The summed E-state index contributed by atoms with van der Waals surface area (Å²) in [6, 6.07) is 14.4. The van der Waals surface area contributed by atoms with Crippen molar-refractivity contribution in [1.82, 2.24) is 20.5 Å². The Morgan fingerprint density at radius 3 is 2.80 bits per heavy atom. The van der Waals surface area contributed by atoms with Crippen molar-refractivity contribution in [3.8, 4) is 0 Å². The Bertz CT molecular complexity index is 810. The van der Waals surface area contributed by atoms with Crippen LogP contribution in [0.3, 0.4) is 0 Å². The van der Waals surface area contributed by atoms with E-state index >= 15 is 0 Å². The molecule has 0 bridgehead atoms. The van der Waals surface area contributed by atoms with E-state index in [0.29, 0.717) is 12.1 Å². The lowest BCUT2D eigenvalue weighted by Gasteiger charge is -2.35. The number of benzene rings is 1. The van der Waals surface area contributed by atoms with Crippen LogP contribution in [0.15, 0.2) is 48.7 Å². The number of amides is 1. The molecule has 0 aliphatic carbocycles. The molecule has 4 rings (SSSR count). The molecule has 0 saturated carbocycles. The van der Waals surface area contributed by atoms with Crippen molar-refractivity contribution in [1.29, 1.82) is 0 Å². The number of nitrogens with one attached hydrogen (secondary N) is 2. The van der Waals surface area contributed by atoms with Gasteiger partial charge in [0, 0.05) is 51.5 Å². The second-order valence-electron chi connectivity index (χ2n) is 7.80. The third-order valence-electron chi connectivity index (χ3n) is 5.75. The number of pyridine rings is 1. The van der Waals surface area contributed by atoms with Gasteiger partial charge in [-0.3, -0.25) is 9.69 Å². The first-order chi connectivity index (χ1) is 14.8. The molecule has 2 N–H and O–H groups in total. The highest BCUT2D eigenvalue weighted by Gasteiger charge is 2.25. The molecule has 30 heavy (non-hydrogen) atoms. The van der Waals surface area contributed by atoms with Crippen LogP contribution in [-0.4, -0.2) is 74.8 Å². The largest absolute Gasteiger partial charge is 0.379 e. The Balaban J connectivity index is 1.35. The van der Waals surface area contributed by atoms with E-state index in [1.54, 1.807) is 6.20 Å². The van der Waals surface area contributed by atoms with Crippen LogP contribution in [0.4, 0.5) is 5.82 Å². The van der Waals surface area contributed by atoms with Gasteiger partial charge in [-0.25, -0.2) is 4.98 Å². The topological polar surface area (TPSA) is 69.7 Å². The number of aromatic nitrogens is 1. The lowest BCUT2D eigenvalue weighted by molar-refractivity contribution is 0.0374. The van der Waals surface area contributed by atoms with Gasteiger partial charge in [0.25, 0.3) is 5.91 Å². The van der Waals surface area contributed by atoms with Gasteiger partial charge in [0.05, 0.1) is 18.8 Å². The number of ether oxygens (including phenoxy) is 1. The number of rotatable bonds is 7. The average molecular weight is 410 g/mol. The molecular weight excluding hydrogens is 378 g/mol. The van der Waals surface area contributed by atoms with E-state index in [0.717, 1.165) is 64.7 Å². The summed E-state index contributed by atoms with van der Waals surface area (Å²) in [5, 5.41) is 6.66. The highest BCUT2D eigenvalue weighted by Crippen LogP contribution is 2.23. The quantitative estimate of drug-likeness (QED) is 0.679. The lowest BCUT2D eigenvalue weighted by Crippen LogP contribution is -2.47. The molecule has 2 saturated heterocycles. The molecule has 2 aliphatic rings. The first kappa shape index (κ1) is 20.8. The van der Waals surface area contributed by atoms with Gasteiger partial charge in [0.1, 0.15) is 5.82 Å². The smallest absolute Gasteiger partial charge is 0.255 e. The number of piperazine rings is 1. The SMILES string of the molecule is O=C(NCCCN1CCOCC1)c1cccnc1N1CCN[C@H](c2ccccc2)C1. The maximum Gasteiger partial charge on any atom is 0.255 e. The van der Waals surface area contributed by atoms with Gasteiger partial charge < -0.3 is 20.3 Å². The number of nitrogens with zero attached hydrogens (tertiary/aromatic N) is 3. The van der Waals surface area contributed by atoms with E-state index in [-0.39, 0.29) is 11.9 Å². The van der Waals surface area contributed by atoms with Crippen LogP contribution >= 0.6 is 0 Å². The zero-order chi connectivity index (χ0) is 20.6. The molecule has 1 atom stereocenters. The predicted molar refractivity (Wildman–Crippen MR) is 118 cm³/mol. The molecule has 1 aromatic carbocycles. The summed E-state index contributed by atoms with van der Waals surface area (Å²) in [5.41, 5.74) is 1.91. The number of carbonyl (C=O) groups is 1. The number of anilines is 1. The number of hydrogen-bond acceptors (Lipinski definition) is 6. The van der Waals surface area contributed by atoms with Gasteiger partial charge in [0.15, 0.2) is 0 Å². The summed E-state index contributed by atoms with van der Waals surface area (Å²) in [7, 11) is 0. The van der Waals surface area contributed by atoms with Gasteiger partial charge in [0.2, 0.25) is 0 Å². The minimum Gasteiger partial charge on any atom is -0.379 e. The Labute approximate surface area is 178 Å². The van der Waals surface area contributed by atoms with Gasteiger partial charge in [-0.15, -0.1) is 0 Å². The standard InChI is InChI=1S/C23H31N5O2/c29-23(26-10-5-12-27-14-16-30-17-15-27)20-8-4-9-25-22(20)28-13-11-24-21(18-28)19-6-2-1-3-7-19/h1-4,6-9,21,24H,5,10-18H2,(H,26,29)/t21-/m0/s1. The highest BCUT2D eigenvalue weighted by atomic mass is 16.5. The normalized spacial score (nSPS) is 20.1. The molecule has 1 amide bonds. The van der Waals surface area contributed by atoms with Crippen molar-refractivity contribution >= 4 is 11.7 Å². The van der Waals surface area contributed by atoms with Gasteiger partial charge >= 0.3 is 0 Å². The Kier molecular flexibility index (Phi) is 7.29. The minimum atomic E-state index is -0.0464. The zero-order valence-corrected chi connectivity index (χ0v) is 17.4. The van der Waals surface area contributed by atoms with Crippen molar-refractivity contribution < 1.29 is 9.53 Å². The van der Waals surface area contributed by atoms with Crippen LogP contribution in [0, 0.1) is 0 Å². The fraction of sp³-hybridized carbons (Fsp3) is 0.478. The van der Waals surface area contributed by atoms with Crippen LogP contribution < -0.4 is 15.5 Å². The highest BCUT2D eigenvalue weighted by molar-refractivity contribution is 5.98. The van der Waals surface area contributed by atoms with Crippen molar-refractivity contribution in [3.63, 3.8) is 0 Å². The van der Waals surface area contributed by atoms with Gasteiger partial charge in [-0.05, 0) is 30.7 Å². The maximum atomic E-state index is 12.9. The lowest BCUT2D eigenvalue weighted by atomic mass is 10.0. The summed E-state index contributed by atoms with van der Waals surface area (Å²) in [4.78, 5) is 22.1. The fourth-order valence-electron chi connectivity index (χ4n) is 4.10. The summed E-state index contributed by atoms with van der Waals surface area (Å²) in [6.07, 6.45) is 2.70. The Hall–Kier alpha value is -2.48. The third-order valence-corrected chi connectivity index (χ3v) is 5.75. The van der Waals surface area contributed by atoms with E-state index < -0.39 is 0 Å². The monoisotopic (exact) mass is 409 g/mol. The second-order valence-corrected chi connectivity index (χ2v) is 7.80. The number of morpholine rings is 1. The molecule has 7 heteroatoms. The van der Waals surface area contributed by atoms with E-state index in [2.05, 4.69) is 49.7 Å². The van der Waals surface area contributed by atoms with E-state index in [4.69, 9.17) is 4.74 Å². The molecule has 0 unspecified atom stereocenters. The van der Waals surface area contributed by atoms with Crippen LogP contribution in [0.1, 0.15) is 28.4 Å². The molecule has 0 spiro atoms. The maximum absolute atomic E-state index is 12.9. The summed E-state index contributed by atoms with van der Waals surface area (Å²) >= 11 is 0. The molecular formula is C23H31N5O2. The Morgan fingerprint density at radius 1 is 1.13 bits per heavy atom. The molecule has 1 aromatic heterocycles.